The van der Waals surface area contributed by atoms with E-state index >= 15 is 0 Å². The summed E-state index contributed by atoms with van der Waals surface area (Å²) in [6.45, 7) is 3.33. The Kier molecular flexibility index (Phi) is 6.54. The molecule has 0 radical (unpaired) electrons. The average molecular weight is 477 g/mol. The third-order valence-corrected chi connectivity index (χ3v) is 7.11. The zero-order valence-electron chi connectivity index (χ0n) is 19.2. The molecule has 0 bridgehead atoms. The Balaban J connectivity index is 1.34. The first-order valence-corrected chi connectivity index (χ1v) is 12.6. The number of fused-ring (bicyclic) bond motifs is 1. The van der Waals surface area contributed by atoms with Crippen LogP contribution in [0.25, 0.3) is 0 Å². The van der Waals surface area contributed by atoms with Crippen molar-refractivity contribution in [2.75, 3.05) is 13.3 Å². The molecule has 5 rings (SSSR count). The molecule has 0 saturated heterocycles. The molecule has 1 aromatic heterocycles. The minimum absolute atomic E-state index is 0.0588. The van der Waals surface area contributed by atoms with Crippen LogP contribution in [0.15, 0.2) is 60.0 Å². The Hall–Kier alpha value is -3.32. The Labute approximate surface area is 203 Å². The van der Waals surface area contributed by atoms with Crippen LogP contribution >= 0.6 is 11.3 Å². The van der Waals surface area contributed by atoms with Gasteiger partial charge in [-0.1, -0.05) is 31.2 Å². The number of carbonyl (C=O) groups is 2. The van der Waals surface area contributed by atoms with Crippen molar-refractivity contribution in [3.8, 4) is 11.5 Å². The van der Waals surface area contributed by atoms with Crippen LogP contribution in [0.3, 0.4) is 0 Å². The van der Waals surface area contributed by atoms with Crippen molar-refractivity contribution >= 4 is 23.2 Å². The Bertz CT molecular complexity index is 1160. The van der Waals surface area contributed by atoms with Crippen LogP contribution in [0, 0.1) is 0 Å². The van der Waals surface area contributed by atoms with E-state index in [1.54, 1.807) is 16.2 Å². The predicted octanol–water partition coefficient (Wildman–Crippen LogP) is 4.87. The SMILES string of the molecule is CCc1ccc(C(=O)N(CC(=O)N(Cc2ccc3c(c2)OCO3)Cc2cccs2)C2CC2)cc1. The lowest BCUT2D eigenvalue weighted by molar-refractivity contribution is -0.133. The molecule has 2 aliphatic rings. The van der Waals surface area contributed by atoms with Crippen molar-refractivity contribution in [3.05, 3.63) is 81.5 Å². The van der Waals surface area contributed by atoms with Gasteiger partial charge in [0.15, 0.2) is 11.5 Å². The molecule has 1 aliphatic heterocycles. The summed E-state index contributed by atoms with van der Waals surface area (Å²) in [5.41, 5.74) is 2.79. The van der Waals surface area contributed by atoms with E-state index in [4.69, 9.17) is 9.47 Å². The van der Waals surface area contributed by atoms with Crippen LogP contribution in [-0.2, 0) is 24.3 Å². The van der Waals surface area contributed by atoms with E-state index in [2.05, 4.69) is 6.92 Å². The van der Waals surface area contributed by atoms with Gasteiger partial charge in [0, 0.05) is 23.0 Å². The standard InChI is InChI=1S/C27H28N2O4S/c1-2-19-5-8-21(9-6-19)27(31)29(22-10-11-22)17-26(30)28(16-23-4-3-13-34-23)15-20-7-12-24-25(14-20)33-18-32-24/h3-9,12-14,22H,2,10-11,15-18H2,1H3. The molecule has 0 N–H and O–H groups in total. The number of benzene rings is 2. The van der Waals surface area contributed by atoms with E-state index in [1.165, 1.54) is 5.56 Å². The van der Waals surface area contributed by atoms with E-state index < -0.39 is 0 Å². The van der Waals surface area contributed by atoms with Gasteiger partial charge in [0.2, 0.25) is 12.7 Å². The predicted molar refractivity (Wildman–Crippen MR) is 131 cm³/mol. The first kappa shape index (κ1) is 22.5. The largest absolute Gasteiger partial charge is 0.454 e. The summed E-state index contributed by atoms with van der Waals surface area (Å²) in [4.78, 5) is 31.6. The second-order valence-corrected chi connectivity index (χ2v) is 9.76. The summed E-state index contributed by atoms with van der Waals surface area (Å²) in [7, 11) is 0. The van der Waals surface area contributed by atoms with Crippen molar-refractivity contribution in [2.45, 2.75) is 45.3 Å². The van der Waals surface area contributed by atoms with Crippen molar-refractivity contribution in [2.24, 2.45) is 0 Å². The van der Waals surface area contributed by atoms with E-state index in [-0.39, 0.29) is 31.2 Å². The molecule has 0 atom stereocenters. The van der Waals surface area contributed by atoms with Crippen LogP contribution in [-0.4, -0.2) is 41.0 Å². The number of nitrogens with zero attached hydrogens (tertiary/aromatic N) is 2. The fraction of sp³-hybridized carbons (Fsp3) is 0.333. The second-order valence-electron chi connectivity index (χ2n) is 8.73. The molecular formula is C27H28N2O4S. The maximum absolute atomic E-state index is 13.6. The van der Waals surface area contributed by atoms with Crippen molar-refractivity contribution in [3.63, 3.8) is 0 Å². The van der Waals surface area contributed by atoms with Gasteiger partial charge in [-0.05, 0) is 66.1 Å². The normalized spacial score (nSPS) is 14.1. The number of amides is 2. The number of carbonyl (C=O) groups excluding carboxylic acids is 2. The lowest BCUT2D eigenvalue weighted by Gasteiger charge is -2.28. The minimum Gasteiger partial charge on any atom is -0.454 e. The fourth-order valence-electron chi connectivity index (χ4n) is 4.13. The summed E-state index contributed by atoms with van der Waals surface area (Å²) in [5.74, 6) is 1.29. The molecule has 2 heterocycles. The van der Waals surface area contributed by atoms with Gasteiger partial charge in [0.25, 0.3) is 5.91 Å². The zero-order chi connectivity index (χ0) is 23.5. The number of ether oxygens (including phenoxy) is 2. The monoisotopic (exact) mass is 476 g/mol. The number of aryl methyl sites for hydroxylation is 1. The van der Waals surface area contributed by atoms with Gasteiger partial charge in [-0.25, -0.2) is 0 Å². The van der Waals surface area contributed by atoms with Gasteiger partial charge in [-0.2, -0.15) is 0 Å². The molecule has 2 amide bonds. The smallest absolute Gasteiger partial charge is 0.254 e. The lowest BCUT2D eigenvalue weighted by Crippen LogP contribution is -2.43. The summed E-state index contributed by atoms with van der Waals surface area (Å²) >= 11 is 1.62. The maximum Gasteiger partial charge on any atom is 0.254 e. The number of hydrogen-bond acceptors (Lipinski definition) is 5. The summed E-state index contributed by atoms with van der Waals surface area (Å²) in [6.07, 6.45) is 2.81. The summed E-state index contributed by atoms with van der Waals surface area (Å²) < 4.78 is 10.9. The third-order valence-electron chi connectivity index (χ3n) is 6.25. The summed E-state index contributed by atoms with van der Waals surface area (Å²) in [6, 6.07) is 17.6. The van der Waals surface area contributed by atoms with Crippen molar-refractivity contribution in [1.82, 2.24) is 9.80 Å². The van der Waals surface area contributed by atoms with Gasteiger partial charge in [-0.15, -0.1) is 11.3 Å². The molecule has 1 saturated carbocycles. The van der Waals surface area contributed by atoms with E-state index in [0.29, 0.717) is 24.4 Å². The number of rotatable bonds is 9. The molecule has 7 heteroatoms. The van der Waals surface area contributed by atoms with E-state index in [0.717, 1.165) is 35.5 Å². The molecule has 0 spiro atoms. The molecule has 176 valence electrons. The molecule has 34 heavy (non-hydrogen) atoms. The average Bonchev–Trinajstić information content (AvgIpc) is 3.36. The van der Waals surface area contributed by atoms with Gasteiger partial charge in [0.1, 0.15) is 6.54 Å². The number of hydrogen-bond donors (Lipinski definition) is 0. The third kappa shape index (κ3) is 5.09. The first-order valence-electron chi connectivity index (χ1n) is 11.7. The van der Waals surface area contributed by atoms with Crippen LogP contribution in [0.5, 0.6) is 11.5 Å². The highest BCUT2D eigenvalue weighted by Gasteiger charge is 2.35. The minimum atomic E-state index is -0.0716. The fourth-order valence-corrected chi connectivity index (χ4v) is 4.85. The molecule has 6 nitrogen and oxygen atoms in total. The van der Waals surface area contributed by atoms with Crippen LogP contribution in [0.1, 0.15) is 46.1 Å². The molecule has 0 unspecified atom stereocenters. The zero-order valence-corrected chi connectivity index (χ0v) is 20.1. The van der Waals surface area contributed by atoms with Crippen LogP contribution < -0.4 is 9.47 Å². The highest BCUT2D eigenvalue weighted by molar-refractivity contribution is 7.09. The van der Waals surface area contributed by atoms with Gasteiger partial charge >= 0.3 is 0 Å². The highest BCUT2D eigenvalue weighted by Crippen LogP contribution is 2.33. The van der Waals surface area contributed by atoms with Crippen LogP contribution in [0.2, 0.25) is 0 Å². The molecule has 3 aromatic rings. The lowest BCUT2D eigenvalue weighted by atomic mass is 10.1. The van der Waals surface area contributed by atoms with Gasteiger partial charge in [-0.3, -0.25) is 9.59 Å². The highest BCUT2D eigenvalue weighted by atomic mass is 32.1. The van der Waals surface area contributed by atoms with Crippen LogP contribution in [0.4, 0.5) is 0 Å². The topological polar surface area (TPSA) is 59.1 Å². The Morgan fingerprint density at radius 2 is 1.74 bits per heavy atom. The molecule has 1 aliphatic carbocycles. The van der Waals surface area contributed by atoms with Gasteiger partial charge in [0.05, 0.1) is 6.54 Å². The number of thiophene rings is 1. The van der Waals surface area contributed by atoms with Crippen molar-refractivity contribution in [1.29, 1.82) is 0 Å². The Morgan fingerprint density at radius 3 is 2.44 bits per heavy atom. The molecular weight excluding hydrogens is 448 g/mol. The van der Waals surface area contributed by atoms with Crippen molar-refractivity contribution < 1.29 is 19.1 Å². The maximum atomic E-state index is 13.6. The van der Waals surface area contributed by atoms with E-state index in [1.807, 2.05) is 64.9 Å². The summed E-state index contributed by atoms with van der Waals surface area (Å²) in [5, 5.41) is 2.01. The molecule has 1 fully saturated rings. The van der Waals surface area contributed by atoms with E-state index in [9.17, 15) is 9.59 Å². The second kappa shape index (κ2) is 9.89. The quantitative estimate of drug-likeness (QED) is 0.442. The van der Waals surface area contributed by atoms with Gasteiger partial charge < -0.3 is 19.3 Å². The molecule has 2 aromatic carbocycles. The Morgan fingerprint density at radius 1 is 0.971 bits per heavy atom. The first-order chi connectivity index (χ1) is 16.6.